The Balaban J connectivity index is 2.44. The number of aryl methyl sites for hydroxylation is 1. The Labute approximate surface area is 165 Å². The molecule has 0 atom stereocenters. The zero-order chi connectivity index (χ0) is 20.2. The average molecular weight is 412 g/mol. The molecule has 2 rings (SSSR count). The lowest BCUT2D eigenvalue weighted by molar-refractivity contribution is 0.552. The van der Waals surface area contributed by atoms with Gasteiger partial charge in [0.05, 0.1) is 35.5 Å². The van der Waals surface area contributed by atoms with Gasteiger partial charge in [0.1, 0.15) is 5.82 Å². The molecule has 0 aliphatic rings. The highest BCUT2D eigenvalue weighted by Crippen LogP contribution is 2.34. The van der Waals surface area contributed by atoms with Crippen LogP contribution in [0.25, 0.3) is 0 Å². The van der Waals surface area contributed by atoms with Gasteiger partial charge in [0.2, 0.25) is 10.0 Å². The number of hydrogen-bond acceptors (Lipinski definition) is 3. The molecule has 0 spiro atoms. The second-order valence-corrected chi connectivity index (χ2v) is 8.62. The van der Waals surface area contributed by atoms with E-state index in [4.69, 9.17) is 11.6 Å². The summed E-state index contributed by atoms with van der Waals surface area (Å²) in [5.74, 6) is -0.416. The van der Waals surface area contributed by atoms with Crippen LogP contribution in [0.3, 0.4) is 0 Å². The molecule has 0 amide bonds. The van der Waals surface area contributed by atoms with Crippen LogP contribution < -0.4 is 4.31 Å². The fourth-order valence-corrected chi connectivity index (χ4v) is 3.59. The highest BCUT2D eigenvalue weighted by molar-refractivity contribution is 7.92. The molecule has 0 saturated carbocycles. The predicted octanol–water partition coefficient (Wildman–Crippen LogP) is 4.37. The zero-order valence-electron chi connectivity index (χ0n) is 15.8. The van der Waals surface area contributed by atoms with E-state index in [-0.39, 0.29) is 6.54 Å². The van der Waals surface area contributed by atoms with Gasteiger partial charge in [-0.2, -0.15) is 0 Å². The summed E-state index contributed by atoms with van der Waals surface area (Å²) in [5.41, 5.74) is 2.24. The fourth-order valence-electron chi connectivity index (χ4n) is 2.45. The molecule has 8 heteroatoms. The monoisotopic (exact) mass is 411 g/mol. The molecule has 0 N–H and O–H groups in total. The third-order valence-electron chi connectivity index (χ3n) is 4.04. The Morgan fingerprint density at radius 1 is 1.26 bits per heavy atom. The maximum absolute atomic E-state index is 13.5. The molecule has 2 aromatic carbocycles. The number of aliphatic imine (C=N–C) groups is 1. The van der Waals surface area contributed by atoms with Crippen LogP contribution in [0.1, 0.15) is 18.1 Å². The largest absolute Gasteiger partial charge is 0.366 e. The van der Waals surface area contributed by atoms with E-state index in [0.29, 0.717) is 27.5 Å². The molecule has 146 valence electrons. The molecule has 0 unspecified atom stereocenters. The summed E-state index contributed by atoms with van der Waals surface area (Å²) in [6, 6.07) is 9.17. The smallest absolute Gasteiger partial charge is 0.232 e. The molecule has 0 heterocycles. The summed E-state index contributed by atoms with van der Waals surface area (Å²) in [6.07, 6.45) is 2.78. The third-order valence-corrected chi connectivity index (χ3v) is 5.47. The minimum Gasteiger partial charge on any atom is -0.366 e. The van der Waals surface area contributed by atoms with Gasteiger partial charge < -0.3 is 4.90 Å². The first-order valence-corrected chi connectivity index (χ1v) is 10.6. The highest BCUT2D eigenvalue weighted by Gasteiger charge is 2.21. The number of anilines is 1. The van der Waals surface area contributed by atoms with Crippen LogP contribution in [0, 0.1) is 12.7 Å². The molecule has 0 bridgehead atoms. The van der Waals surface area contributed by atoms with Gasteiger partial charge in [-0.3, -0.25) is 4.31 Å². The van der Waals surface area contributed by atoms with Crippen molar-refractivity contribution >= 4 is 39.3 Å². The maximum atomic E-state index is 13.5. The van der Waals surface area contributed by atoms with Crippen molar-refractivity contribution in [2.75, 3.05) is 24.2 Å². The van der Waals surface area contributed by atoms with E-state index < -0.39 is 15.8 Å². The van der Waals surface area contributed by atoms with Gasteiger partial charge in [0.15, 0.2) is 0 Å². The number of nitrogens with zero attached hydrogens (tertiary/aromatic N) is 3. The molecule has 0 radical (unpaired) electrons. The molecule has 0 aromatic heterocycles. The molecule has 2 aromatic rings. The van der Waals surface area contributed by atoms with Crippen molar-refractivity contribution in [3.8, 4) is 0 Å². The van der Waals surface area contributed by atoms with E-state index in [1.807, 2.05) is 18.9 Å². The van der Waals surface area contributed by atoms with Crippen LogP contribution >= 0.6 is 11.6 Å². The van der Waals surface area contributed by atoms with E-state index >= 15 is 0 Å². The van der Waals surface area contributed by atoms with Crippen molar-refractivity contribution in [2.45, 2.75) is 20.4 Å². The van der Waals surface area contributed by atoms with Gasteiger partial charge >= 0.3 is 0 Å². The van der Waals surface area contributed by atoms with Gasteiger partial charge in [0, 0.05) is 13.6 Å². The van der Waals surface area contributed by atoms with Gasteiger partial charge in [-0.25, -0.2) is 17.8 Å². The molecule has 0 saturated heterocycles. The Kier molecular flexibility index (Phi) is 6.84. The SMILES string of the molecule is CCN(C)C=Nc1cc(C)c(N(Cc2cccc(F)c2)S(C)(=O)=O)cc1Cl. The first-order chi connectivity index (χ1) is 12.6. The molecule has 0 fully saturated rings. The Morgan fingerprint density at radius 3 is 2.56 bits per heavy atom. The number of hydrogen-bond donors (Lipinski definition) is 0. The Bertz CT molecular complexity index is 948. The number of benzene rings is 2. The van der Waals surface area contributed by atoms with Gasteiger partial charge in [-0.15, -0.1) is 0 Å². The number of rotatable bonds is 7. The van der Waals surface area contributed by atoms with Gasteiger partial charge in [0.25, 0.3) is 0 Å². The Hall–Kier alpha value is -2.12. The standard InChI is InChI=1S/C19H23ClFN3O2S/c1-5-23(3)13-22-18-9-14(2)19(11-17(18)20)24(27(4,25)26)12-15-7-6-8-16(21)10-15/h6-11,13H,5,12H2,1-4H3. The minimum atomic E-state index is -3.61. The second-order valence-electron chi connectivity index (χ2n) is 6.31. The lowest BCUT2D eigenvalue weighted by Crippen LogP contribution is -2.30. The third kappa shape index (κ3) is 5.68. The lowest BCUT2D eigenvalue weighted by atomic mass is 10.1. The summed E-state index contributed by atoms with van der Waals surface area (Å²) < 4.78 is 39.5. The lowest BCUT2D eigenvalue weighted by Gasteiger charge is -2.25. The summed E-state index contributed by atoms with van der Waals surface area (Å²) in [5, 5.41) is 0.337. The first-order valence-electron chi connectivity index (χ1n) is 8.38. The summed E-state index contributed by atoms with van der Waals surface area (Å²) >= 11 is 6.34. The van der Waals surface area contributed by atoms with Gasteiger partial charge in [-0.05, 0) is 49.2 Å². The van der Waals surface area contributed by atoms with Crippen LogP contribution in [-0.4, -0.2) is 39.5 Å². The topological polar surface area (TPSA) is 53.0 Å². The van der Waals surface area contributed by atoms with E-state index in [9.17, 15) is 12.8 Å². The van der Waals surface area contributed by atoms with Crippen LogP contribution in [-0.2, 0) is 16.6 Å². The summed E-state index contributed by atoms with van der Waals surface area (Å²) in [7, 11) is -1.71. The average Bonchev–Trinajstić information content (AvgIpc) is 2.59. The summed E-state index contributed by atoms with van der Waals surface area (Å²) in [4.78, 5) is 6.24. The quantitative estimate of drug-likeness (QED) is 0.502. The van der Waals surface area contributed by atoms with Crippen molar-refractivity contribution in [2.24, 2.45) is 4.99 Å². The maximum Gasteiger partial charge on any atom is 0.232 e. The van der Waals surface area contributed by atoms with Crippen molar-refractivity contribution in [1.29, 1.82) is 0 Å². The van der Waals surface area contributed by atoms with Crippen LogP contribution in [0.4, 0.5) is 15.8 Å². The molecule has 0 aliphatic heterocycles. The second kappa shape index (κ2) is 8.71. The van der Waals surface area contributed by atoms with Crippen molar-refractivity contribution in [1.82, 2.24) is 4.90 Å². The summed E-state index contributed by atoms with van der Waals surface area (Å²) in [6.45, 7) is 4.60. The van der Waals surface area contributed by atoms with E-state index in [1.165, 1.54) is 16.4 Å². The molecular weight excluding hydrogens is 389 g/mol. The predicted molar refractivity (Wildman–Crippen MR) is 110 cm³/mol. The molecule has 5 nitrogen and oxygen atoms in total. The molecular formula is C19H23ClFN3O2S. The van der Waals surface area contributed by atoms with E-state index in [1.54, 1.807) is 37.5 Å². The molecule has 27 heavy (non-hydrogen) atoms. The van der Waals surface area contributed by atoms with Crippen molar-refractivity contribution in [3.05, 3.63) is 58.4 Å². The van der Waals surface area contributed by atoms with Crippen LogP contribution in [0.2, 0.25) is 5.02 Å². The highest BCUT2D eigenvalue weighted by atomic mass is 35.5. The minimum absolute atomic E-state index is 0.00888. The Morgan fingerprint density at radius 2 is 1.96 bits per heavy atom. The van der Waals surface area contributed by atoms with Crippen LogP contribution in [0.5, 0.6) is 0 Å². The van der Waals surface area contributed by atoms with Crippen molar-refractivity contribution < 1.29 is 12.8 Å². The van der Waals surface area contributed by atoms with Gasteiger partial charge in [-0.1, -0.05) is 23.7 Å². The number of sulfonamides is 1. The fraction of sp³-hybridized carbons (Fsp3) is 0.316. The first kappa shape index (κ1) is 21.2. The zero-order valence-corrected chi connectivity index (χ0v) is 17.4. The van der Waals surface area contributed by atoms with Crippen molar-refractivity contribution in [3.63, 3.8) is 0 Å². The van der Waals surface area contributed by atoms with E-state index in [2.05, 4.69) is 4.99 Å². The normalized spacial score (nSPS) is 11.8. The number of halogens is 2. The van der Waals surface area contributed by atoms with Crippen LogP contribution in [0.15, 0.2) is 41.4 Å². The molecule has 0 aliphatic carbocycles. The van der Waals surface area contributed by atoms with E-state index in [0.717, 1.165) is 12.8 Å².